The summed E-state index contributed by atoms with van der Waals surface area (Å²) in [7, 11) is 0. The number of rotatable bonds is 8. The van der Waals surface area contributed by atoms with Crippen LogP contribution in [0.15, 0.2) is 42.5 Å². The van der Waals surface area contributed by atoms with E-state index in [1.54, 1.807) is 6.07 Å². The second-order valence-electron chi connectivity index (χ2n) is 6.78. The van der Waals surface area contributed by atoms with Gasteiger partial charge in [-0.25, -0.2) is 4.79 Å². The van der Waals surface area contributed by atoms with E-state index in [0.717, 1.165) is 11.1 Å². The van der Waals surface area contributed by atoms with Crippen molar-refractivity contribution >= 4 is 28.6 Å². The largest absolute Gasteiger partial charge is 1.00 e. The van der Waals surface area contributed by atoms with Gasteiger partial charge in [0.2, 0.25) is 0 Å². The Labute approximate surface area is 197 Å². The van der Waals surface area contributed by atoms with Crippen molar-refractivity contribution in [2.45, 2.75) is 26.8 Å². The van der Waals surface area contributed by atoms with E-state index in [4.69, 9.17) is 15.6 Å². The fourth-order valence-electron chi connectivity index (χ4n) is 3.56. The molecule has 3 rings (SSSR count). The Bertz CT molecular complexity index is 1110. The molecule has 1 amide bonds. The minimum Gasteiger partial charge on any atom is -1.00 e. The Morgan fingerprint density at radius 1 is 1.17 bits per heavy atom. The van der Waals surface area contributed by atoms with E-state index >= 15 is 0 Å². The molecule has 7 nitrogen and oxygen atoms in total. The van der Waals surface area contributed by atoms with Gasteiger partial charge in [0, 0.05) is 12.2 Å². The molecule has 0 aliphatic heterocycles. The van der Waals surface area contributed by atoms with Crippen molar-refractivity contribution in [2.24, 2.45) is 5.73 Å². The third kappa shape index (κ3) is 4.75. The zero-order chi connectivity index (χ0) is 21.1. The topological polar surface area (TPSA) is 112 Å². The number of ether oxygens (including phenoxy) is 1. The predicted octanol–water partition coefficient (Wildman–Crippen LogP) is -0.192. The first-order valence-corrected chi connectivity index (χ1v) is 9.21. The van der Waals surface area contributed by atoms with Crippen molar-refractivity contribution < 1.29 is 55.2 Å². The number of benzene rings is 2. The van der Waals surface area contributed by atoms with Gasteiger partial charge < -0.3 is 21.6 Å². The SMILES string of the molecule is CCc1c(C(=O)C(N)=O)c2c(OCC(=O)O)cc(C)cc2n1Cc1ccccc1.[H-].[Na+]. The second kappa shape index (κ2) is 9.93. The molecule has 0 spiro atoms. The number of carboxylic acids is 1. The van der Waals surface area contributed by atoms with Crippen LogP contribution in [0.3, 0.4) is 0 Å². The van der Waals surface area contributed by atoms with Gasteiger partial charge in [-0.05, 0) is 36.6 Å². The molecule has 1 heterocycles. The van der Waals surface area contributed by atoms with Crippen molar-refractivity contribution in [3.63, 3.8) is 0 Å². The standard InChI is InChI=1S/C22H22N2O5.Na.H/c1-3-15-20(21(27)22(23)28)19-16(24(15)11-14-7-5-4-6-8-14)9-13(2)10-17(19)29-12-18(25)26;;/h4-10H,3,11-12H2,1-2H3,(H2,23,28)(H,25,26);;/q;+1;-1. The predicted molar refractivity (Wildman–Crippen MR) is 109 cm³/mol. The van der Waals surface area contributed by atoms with Crippen LogP contribution in [-0.4, -0.2) is 33.9 Å². The summed E-state index contributed by atoms with van der Waals surface area (Å²) in [4.78, 5) is 35.5. The van der Waals surface area contributed by atoms with Crippen molar-refractivity contribution in [1.82, 2.24) is 4.57 Å². The molecule has 8 heteroatoms. The number of nitrogens with zero attached hydrogens (tertiary/aromatic N) is 1. The Kier molecular flexibility index (Phi) is 7.83. The number of nitrogens with two attached hydrogens (primary N) is 1. The maximum Gasteiger partial charge on any atom is 1.00 e. The molecule has 2 aromatic carbocycles. The Morgan fingerprint density at radius 3 is 2.40 bits per heavy atom. The fourth-order valence-corrected chi connectivity index (χ4v) is 3.56. The van der Waals surface area contributed by atoms with Crippen molar-refractivity contribution in [2.75, 3.05) is 6.61 Å². The van der Waals surface area contributed by atoms with Crippen LogP contribution in [0.1, 0.15) is 35.5 Å². The first-order chi connectivity index (χ1) is 13.8. The molecule has 1 aromatic heterocycles. The molecule has 30 heavy (non-hydrogen) atoms. The molecule has 0 bridgehead atoms. The summed E-state index contributed by atoms with van der Waals surface area (Å²) in [6, 6.07) is 13.3. The van der Waals surface area contributed by atoms with E-state index in [1.807, 2.05) is 54.8 Å². The zero-order valence-corrected chi connectivity index (χ0v) is 19.3. The quantitative estimate of drug-likeness (QED) is 0.299. The third-order valence-electron chi connectivity index (χ3n) is 4.70. The molecular formula is C22H23N2NaO5. The molecule has 3 N–H and O–H groups in total. The number of primary amides is 1. The van der Waals surface area contributed by atoms with Gasteiger partial charge in [0.25, 0.3) is 11.7 Å². The van der Waals surface area contributed by atoms with Gasteiger partial charge >= 0.3 is 35.5 Å². The summed E-state index contributed by atoms with van der Waals surface area (Å²) in [5.74, 6) is -2.78. The van der Waals surface area contributed by atoms with E-state index in [2.05, 4.69) is 0 Å². The van der Waals surface area contributed by atoms with E-state index in [0.29, 0.717) is 29.6 Å². The number of fused-ring (bicyclic) bond motifs is 1. The van der Waals surface area contributed by atoms with Crippen LogP contribution in [0.4, 0.5) is 0 Å². The average molecular weight is 418 g/mol. The number of aliphatic carboxylic acids is 1. The first kappa shape index (κ1) is 23.7. The third-order valence-corrected chi connectivity index (χ3v) is 4.70. The molecule has 0 radical (unpaired) electrons. The van der Waals surface area contributed by atoms with Gasteiger partial charge in [0.1, 0.15) is 5.75 Å². The van der Waals surface area contributed by atoms with Crippen LogP contribution >= 0.6 is 0 Å². The van der Waals surface area contributed by atoms with Crippen molar-refractivity contribution in [3.05, 3.63) is 64.8 Å². The number of amides is 1. The number of carbonyl (C=O) groups excluding carboxylic acids is 2. The smallest absolute Gasteiger partial charge is 1.00 e. The van der Waals surface area contributed by atoms with Gasteiger partial charge in [-0.15, -0.1) is 0 Å². The Hall–Kier alpha value is -2.61. The molecule has 0 aliphatic carbocycles. The second-order valence-corrected chi connectivity index (χ2v) is 6.78. The van der Waals surface area contributed by atoms with E-state index in [9.17, 15) is 14.4 Å². The maximum atomic E-state index is 12.7. The van der Waals surface area contributed by atoms with Crippen molar-refractivity contribution in [1.29, 1.82) is 0 Å². The number of aromatic nitrogens is 1. The Morgan fingerprint density at radius 2 is 1.83 bits per heavy atom. The normalized spacial score (nSPS) is 10.5. The molecule has 0 atom stereocenters. The Balaban J connectivity index is 0.00000240. The number of carbonyl (C=O) groups is 3. The van der Waals surface area contributed by atoms with Crippen molar-refractivity contribution in [3.8, 4) is 5.75 Å². The summed E-state index contributed by atoms with van der Waals surface area (Å²) in [6.45, 7) is 3.66. The number of ketones is 1. The summed E-state index contributed by atoms with van der Waals surface area (Å²) in [6.07, 6.45) is 0.479. The summed E-state index contributed by atoms with van der Waals surface area (Å²) >= 11 is 0. The molecule has 0 fully saturated rings. The van der Waals surface area contributed by atoms with Crippen LogP contribution in [-0.2, 0) is 22.6 Å². The van der Waals surface area contributed by atoms with Crippen LogP contribution in [0.25, 0.3) is 10.9 Å². The molecule has 152 valence electrons. The molecule has 3 aromatic rings. The number of hydrogen-bond acceptors (Lipinski definition) is 4. The molecular weight excluding hydrogens is 395 g/mol. The zero-order valence-electron chi connectivity index (χ0n) is 18.3. The van der Waals surface area contributed by atoms with Gasteiger partial charge in [-0.2, -0.15) is 0 Å². The number of hydrogen-bond donors (Lipinski definition) is 2. The van der Waals surface area contributed by atoms with Crippen LogP contribution in [0.5, 0.6) is 5.75 Å². The van der Waals surface area contributed by atoms with E-state index in [-0.39, 0.29) is 42.3 Å². The molecule has 0 saturated carbocycles. The number of Topliss-reactive ketones (excluding diaryl/α,β-unsaturated/α-hetero) is 1. The molecule has 0 saturated heterocycles. The molecule has 0 aliphatic rings. The fraction of sp³-hybridized carbons (Fsp3) is 0.227. The first-order valence-electron chi connectivity index (χ1n) is 9.21. The minimum absolute atomic E-state index is 0. The van der Waals surface area contributed by atoms with Crippen LogP contribution < -0.4 is 40.0 Å². The summed E-state index contributed by atoms with van der Waals surface area (Å²) in [5, 5.41) is 9.42. The minimum atomic E-state index is -1.14. The van der Waals surface area contributed by atoms with Gasteiger partial charge in [-0.3, -0.25) is 9.59 Å². The molecule has 0 unspecified atom stereocenters. The van der Waals surface area contributed by atoms with Gasteiger partial charge in [0.05, 0.1) is 16.5 Å². The van der Waals surface area contributed by atoms with E-state index < -0.39 is 24.3 Å². The average Bonchev–Trinajstić information content (AvgIpc) is 2.99. The van der Waals surface area contributed by atoms with E-state index in [1.165, 1.54) is 0 Å². The van der Waals surface area contributed by atoms with Gasteiger partial charge in [0.15, 0.2) is 6.61 Å². The summed E-state index contributed by atoms with van der Waals surface area (Å²) < 4.78 is 7.44. The maximum absolute atomic E-state index is 12.7. The summed E-state index contributed by atoms with van der Waals surface area (Å²) in [5.41, 5.74) is 8.69. The monoisotopic (exact) mass is 418 g/mol. The van der Waals surface area contributed by atoms with Crippen LogP contribution in [0.2, 0.25) is 0 Å². The van der Waals surface area contributed by atoms with Crippen LogP contribution in [0, 0.1) is 6.92 Å². The van der Waals surface area contributed by atoms with Gasteiger partial charge in [-0.1, -0.05) is 37.3 Å². The number of carboxylic acid groups (broad SMARTS) is 1. The number of aryl methyl sites for hydroxylation is 1.